The Morgan fingerprint density at radius 2 is 1.51 bits per heavy atom. The molecule has 4 rings (SSSR count). The molecule has 1 aliphatic heterocycles. The Morgan fingerprint density at radius 1 is 0.936 bits per heavy atom. The van der Waals surface area contributed by atoms with Crippen LogP contribution in [0.1, 0.15) is 55.9 Å². The molecule has 0 unspecified atom stereocenters. The average molecular weight is 738 g/mol. The third-order valence-corrected chi connectivity index (χ3v) is 10.4. The summed E-state index contributed by atoms with van der Waals surface area (Å²) in [5.74, 6) is 1.55. The smallest absolute Gasteiger partial charge is 0.345 e. The number of hydrogen-bond acceptors (Lipinski definition) is 10. The van der Waals surface area contributed by atoms with Crippen molar-refractivity contribution in [2.45, 2.75) is 49.7 Å². The molecule has 1 fully saturated rings. The molecule has 1 heterocycles. The molecule has 47 heavy (non-hydrogen) atoms. The van der Waals surface area contributed by atoms with Crippen LogP contribution in [0.5, 0.6) is 28.7 Å². The number of urea groups is 1. The Morgan fingerprint density at radius 3 is 2.06 bits per heavy atom. The van der Waals surface area contributed by atoms with E-state index >= 15 is 0 Å². The van der Waals surface area contributed by atoms with E-state index in [1.807, 2.05) is 19.1 Å². The van der Waals surface area contributed by atoms with E-state index in [0.29, 0.717) is 51.6 Å². The average Bonchev–Trinajstić information content (AvgIpc) is 3.57. The second-order valence-electron chi connectivity index (χ2n) is 10.8. The number of ether oxygens (including phenoxy) is 6. The molecule has 14 heteroatoms. The van der Waals surface area contributed by atoms with Crippen LogP contribution in [0.15, 0.2) is 57.9 Å². The molecule has 0 spiro atoms. The summed E-state index contributed by atoms with van der Waals surface area (Å²) in [6, 6.07) is 12.9. The van der Waals surface area contributed by atoms with Gasteiger partial charge in [-0.05, 0) is 82.7 Å². The van der Waals surface area contributed by atoms with Crippen molar-refractivity contribution in [3.05, 3.63) is 64.1 Å². The molecule has 3 aromatic rings. The largest absolute Gasteiger partial charge is 0.493 e. The van der Waals surface area contributed by atoms with Crippen LogP contribution in [0.25, 0.3) is 0 Å². The van der Waals surface area contributed by atoms with Crippen molar-refractivity contribution in [1.82, 2.24) is 5.06 Å². The topological polar surface area (TPSA) is 142 Å². The first kappa shape index (κ1) is 36.1. The Hall–Kier alpha value is -3.72. The van der Waals surface area contributed by atoms with Crippen LogP contribution >= 0.6 is 15.9 Å². The van der Waals surface area contributed by atoms with Gasteiger partial charge in [-0.2, -0.15) is 0 Å². The predicted octanol–water partition coefficient (Wildman–Crippen LogP) is 6.95. The lowest BCUT2D eigenvalue weighted by molar-refractivity contribution is -0.0379. The zero-order valence-corrected chi connectivity index (χ0v) is 29.5. The fraction of sp³-hybridized carbons (Fsp3) is 0.424. The third-order valence-electron chi connectivity index (χ3n) is 7.72. The van der Waals surface area contributed by atoms with Gasteiger partial charge in [-0.3, -0.25) is 5.21 Å². The quantitative estimate of drug-likeness (QED) is 0.124. The van der Waals surface area contributed by atoms with Crippen molar-refractivity contribution in [3.63, 3.8) is 0 Å². The molecule has 0 aliphatic carbocycles. The van der Waals surface area contributed by atoms with Gasteiger partial charge >= 0.3 is 6.03 Å². The summed E-state index contributed by atoms with van der Waals surface area (Å²) in [7, 11) is 2.39. The molecule has 1 aliphatic rings. The Kier molecular flexibility index (Phi) is 12.6. The third kappa shape index (κ3) is 8.61. The number of nitrogens with zero attached hydrogens (tertiary/aromatic N) is 1. The van der Waals surface area contributed by atoms with Crippen LogP contribution in [0, 0.1) is 0 Å². The van der Waals surface area contributed by atoms with Crippen molar-refractivity contribution < 1.29 is 46.8 Å². The molecule has 2 N–H and O–H groups in total. The van der Waals surface area contributed by atoms with E-state index in [1.54, 1.807) is 51.7 Å². The number of anilines is 1. The van der Waals surface area contributed by atoms with Crippen molar-refractivity contribution >= 4 is 37.5 Å². The molecular formula is C33H41BrN2O10S. The number of halogens is 1. The van der Waals surface area contributed by atoms with Gasteiger partial charge in [-0.15, -0.1) is 0 Å². The molecule has 12 nitrogen and oxygen atoms in total. The van der Waals surface area contributed by atoms with Crippen molar-refractivity contribution in [2.75, 3.05) is 52.7 Å². The molecule has 0 saturated carbocycles. The van der Waals surface area contributed by atoms with E-state index in [4.69, 9.17) is 28.4 Å². The maximum Gasteiger partial charge on any atom is 0.345 e. The van der Waals surface area contributed by atoms with E-state index in [0.717, 1.165) is 12.0 Å². The van der Waals surface area contributed by atoms with Gasteiger partial charge in [0.1, 0.15) is 6.61 Å². The fourth-order valence-corrected chi connectivity index (χ4v) is 7.47. The normalized spacial score (nSPS) is 16.0. The van der Waals surface area contributed by atoms with E-state index < -0.39 is 15.9 Å². The zero-order valence-electron chi connectivity index (χ0n) is 27.1. The van der Waals surface area contributed by atoms with E-state index in [1.165, 1.54) is 13.2 Å². The molecular weight excluding hydrogens is 696 g/mol. The lowest BCUT2D eigenvalue weighted by Gasteiger charge is -2.22. The highest BCUT2D eigenvalue weighted by molar-refractivity contribution is 9.10. The standard InChI is InChI=1S/C33H41BrN2O10S/c1-6-7-14-36(38)33(37)35-24-17-21(25-12-13-26(46-25)22-19-28(42-3)32(44-5)29(20-22)43-4)18-27(41-2)31(24)45-15-16-47(39,40)30-11-9-8-10-23(30)34/h8-11,17-20,25-26,38H,6-7,12-16H2,1-5H3,(H,35,37)/t25-,26-/m0/s1. The van der Waals surface area contributed by atoms with Crippen molar-refractivity contribution in [2.24, 2.45) is 0 Å². The van der Waals surface area contributed by atoms with Gasteiger partial charge in [0.25, 0.3) is 0 Å². The summed E-state index contributed by atoms with van der Waals surface area (Å²) in [5.41, 5.74) is 1.73. The summed E-state index contributed by atoms with van der Waals surface area (Å²) in [6.45, 7) is 1.84. The highest BCUT2D eigenvalue weighted by Crippen LogP contribution is 2.48. The molecule has 1 saturated heterocycles. The number of hydrogen-bond donors (Lipinski definition) is 2. The first-order valence-corrected chi connectivity index (χ1v) is 17.6. The zero-order chi connectivity index (χ0) is 34.1. The lowest BCUT2D eigenvalue weighted by atomic mass is 10.0. The molecule has 0 aromatic heterocycles. The Bertz CT molecular complexity index is 1630. The van der Waals surface area contributed by atoms with Crippen LogP contribution in [-0.4, -0.2) is 72.1 Å². The number of hydroxylamine groups is 2. The SMILES string of the molecule is CCCCN(O)C(=O)Nc1cc([C@@H]2CC[C@@H](c3cc(OC)c(OC)c(OC)c3)O2)cc(OC)c1OCCS(=O)(=O)c1ccccc1Br. The number of unbranched alkanes of at least 4 members (excludes halogenated alkanes) is 1. The van der Waals surface area contributed by atoms with Crippen molar-refractivity contribution in [1.29, 1.82) is 0 Å². The van der Waals surface area contributed by atoms with Crippen LogP contribution < -0.4 is 29.0 Å². The maximum atomic E-state index is 13.1. The van der Waals surface area contributed by atoms with Gasteiger partial charge in [0, 0.05) is 4.47 Å². The monoisotopic (exact) mass is 736 g/mol. The summed E-state index contributed by atoms with van der Waals surface area (Å²) >= 11 is 3.30. The Labute approximate surface area is 283 Å². The highest BCUT2D eigenvalue weighted by atomic mass is 79.9. The van der Waals surface area contributed by atoms with Gasteiger partial charge in [-0.25, -0.2) is 18.3 Å². The van der Waals surface area contributed by atoms with Gasteiger partial charge < -0.3 is 33.7 Å². The number of benzene rings is 3. The van der Waals surface area contributed by atoms with E-state index in [-0.39, 0.29) is 53.2 Å². The lowest BCUT2D eigenvalue weighted by Crippen LogP contribution is -2.33. The van der Waals surface area contributed by atoms with E-state index in [9.17, 15) is 18.4 Å². The first-order chi connectivity index (χ1) is 22.6. The van der Waals surface area contributed by atoms with Gasteiger partial charge in [0.15, 0.2) is 32.8 Å². The number of rotatable bonds is 15. The van der Waals surface area contributed by atoms with Crippen LogP contribution in [-0.2, 0) is 14.6 Å². The minimum absolute atomic E-state index is 0.120. The van der Waals surface area contributed by atoms with Gasteiger partial charge in [0.05, 0.1) is 63.5 Å². The van der Waals surface area contributed by atoms with Crippen LogP contribution in [0.3, 0.4) is 0 Å². The van der Waals surface area contributed by atoms with Crippen molar-refractivity contribution in [3.8, 4) is 28.7 Å². The molecule has 256 valence electrons. The van der Waals surface area contributed by atoms with Gasteiger partial charge in [0.2, 0.25) is 5.75 Å². The number of sulfone groups is 1. The molecule has 2 amide bonds. The predicted molar refractivity (Wildman–Crippen MR) is 179 cm³/mol. The number of carbonyl (C=O) groups excluding carboxylic acids is 1. The molecule has 2 atom stereocenters. The summed E-state index contributed by atoms with van der Waals surface area (Å²) in [6.07, 6.45) is 2.02. The second-order valence-corrected chi connectivity index (χ2v) is 13.7. The maximum absolute atomic E-state index is 13.1. The second kappa shape index (κ2) is 16.4. The summed E-state index contributed by atoms with van der Waals surface area (Å²) in [4.78, 5) is 13.1. The van der Waals surface area contributed by atoms with Crippen LogP contribution in [0.4, 0.5) is 10.5 Å². The number of carbonyl (C=O) groups is 1. The first-order valence-electron chi connectivity index (χ1n) is 15.1. The summed E-state index contributed by atoms with van der Waals surface area (Å²) < 4.78 is 61.2. The Balaban J connectivity index is 1.62. The molecule has 0 bridgehead atoms. The molecule has 0 radical (unpaired) electrons. The number of nitrogens with one attached hydrogen (secondary N) is 1. The van der Waals surface area contributed by atoms with E-state index in [2.05, 4.69) is 21.2 Å². The van der Waals surface area contributed by atoms with Gasteiger partial charge in [-0.1, -0.05) is 25.5 Å². The highest BCUT2D eigenvalue weighted by Gasteiger charge is 2.31. The minimum Gasteiger partial charge on any atom is -0.493 e. The fourth-order valence-electron chi connectivity index (χ4n) is 5.27. The number of amides is 2. The molecule has 3 aromatic carbocycles. The number of methoxy groups -OCH3 is 4. The minimum atomic E-state index is -3.70. The summed E-state index contributed by atoms with van der Waals surface area (Å²) in [5, 5.41) is 13.6. The van der Waals surface area contributed by atoms with Crippen LogP contribution in [0.2, 0.25) is 0 Å².